The monoisotopic (exact) mass is 256 g/mol. The fourth-order valence-corrected chi connectivity index (χ4v) is 2.00. The van der Waals surface area contributed by atoms with Gasteiger partial charge in [-0.3, -0.25) is 0 Å². The second-order valence-corrected chi connectivity index (χ2v) is 4.83. The molecule has 0 fully saturated rings. The number of aryl methyl sites for hydroxylation is 2. The van der Waals surface area contributed by atoms with Gasteiger partial charge < -0.3 is 9.84 Å². The summed E-state index contributed by atoms with van der Waals surface area (Å²) in [5, 5.41) is 10.0. The van der Waals surface area contributed by atoms with Crippen LogP contribution in [-0.2, 0) is 0 Å². The van der Waals surface area contributed by atoms with E-state index in [1.165, 1.54) is 0 Å². The van der Waals surface area contributed by atoms with Gasteiger partial charge in [0.15, 0.2) is 0 Å². The topological polar surface area (TPSA) is 29.5 Å². The maximum absolute atomic E-state index is 10.0. The van der Waals surface area contributed by atoms with Crippen LogP contribution in [-0.4, -0.2) is 5.11 Å². The van der Waals surface area contributed by atoms with Crippen molar-refractivity contribution in [2.75, 3.05) is 0 Å². The Kier molecular flexibility index (Phi) is 4.23. The van der Waals surface area contributed by atoms with Gasteiger partial charge in [0.25, 0.3) is 0 Å². The van der Waals surface area contributed by atoms with Gasteiger partial charge in [-0.2, -0.15) is 0 Å². The number of rotatable bonds is 4. The summed E-state index contributed by atoms with van der Waals surface area (Å²) in [5.41, 5.74) is 3.09. The summed E-state index contributed by atoms with van der Waals surface area (Å²) in [7, 11) is 0. The standard InChI is InChI=1S/C17H20O2/c1-4-15(18)14-7-5-6-8-16(14)19-17-11-12(2)9-10-13(17)3/h5-11,15,18H,4H2,1-3H3. The van der Waals surface area contributed by atoms with Crippen LogP contribution in [0.1, 0.15) is 36.1 Å². The lowest BCUT2D eigenvalue weighted by Crippen LogP contribution is -1.99. The third kappa shape index (κ3) is 3.15. The molecule has 0 bridgehead atoms. The molecule has 100 valence electrons. The Bertz CT molecular complexity index is 561. The molecule has 2 heteroatoms. The number of ether oxygens (including phenoxy) is 1. The number of aliphatic hydroxyl groups is 1. The molecule has 2 rings (SSSR count). The van der Waals surface area contributed by atoms with E-state index in [2.05, 4.69) is 6.07 Å². The van der Waals surface area contributed by atoms with Gasteiger partial charge in [-0.25, -0.2) is 0 Å². The maximum Gasteiger partial charge on any atom is 0.133 e. The predicted molar refractivity (Wildman–Crippen MR) is 77.7 cm³/mol. The first-order valence-electron chi connectivity index (χ1n) is 6.64. The van der Waals surface area contributed by atoms with E-state index in [4.69, 9.17) is 4.74 Å². The lowest BCUT2D eigenvalue weighted by Gasteiger charge is -2.16. The highest BCUT2D eigenvalue weighted by molar-refractivity contribution is 5.43. The van der Waals surface area contributed by atoms with Crippen LogP contribution in [0.15, 0.2) is 42.5 Å². The molecule has 0 heterocycles. The van der Waals surface area contributed by atoms with Crippen LogP contribution in [0.4, 0.5) is 0 Å². The van der Waals surface area contributed by atoms with Crippen molar-refractivity contribution in [2.45, 2.75) is 33.3 Å². The minimum Gasteiger partial charge on any atom is -0.457 e. The van der Waals surface area contributed by atoms with Gasteiger partial charge in [-0.1, -0.05) is 37.3 Å². The van der Waals surface area contributed by atoms with Crippen molar-refractivity contribution in [1.82, 2.24) is 0 Å². The first-order valence-corrected chi connectivity index (χ1v) is 6.64. The summed E-state index contributed by atoms with van der Waals surface area (Å²) >= 11 is 0. The van der Waals surface area contributed by atoms with Gasteiger partial charge in [0.2, 0.25) is 0 Å². The summed E-state index contributed by atoms with van der Waals surface area (Å²) in [5.74, 6) is 1.57. The number of hydrogen-bond acceptors (Lipinski definition) is 2. The summed E-state index contributed by atoms with van der Waals surface area (Å²) in [6, 6.07) is 13.8. The normalized spacial score (nSPS) is 12.2. The fraction of sp³-hybridized carbons (Fsp3) is 0.294. The molecule has 1 unspecified atom stereocenters. The molecule has 0 aliphatic carbocycles. The van der Waals surface area contributed by atoms with Crippen LogP contribution in [0.3, 0.4) is 0 Å². The second-order valence-electron chi connectivity index (χ2n) is 4.83. The molecule has 1 atom stereocenters. The molecular weight excluding hydrogens is 236 g/mol. The van der Waals surface area contributed by atoms with Gasteiger partial charge in [0.1, 0.15) is 11.5 Å². The van der Waals surface area contributed by atoms with Gasteiger partial charge in [-0.15, -0.1) is 0 Å². The zero-order valence-electron chi connectivity index (χ0n) is 11.7. The summed E-state index contributed by atoms with van der Waals surface area (Å²) < 4.78 is 5.98. The molecule has 0 saturated heterocycles. The minimum absolute atomic E-state index is 0.485. The molecule has 0 aliphatic heterocycles. The summed E-state index contributed by atoms with van der Waals surface area (Å²) in [4.78, 5) is 0. The number of aliphatic hydroxyl groups excluding tert-OH is 1. The average molecular weight is 256 g/mol. The highest BCUT2D eigenvalue weighted by atomic mass is 16.5. The third-order valence-electron chi connectivity index (χ3n) is 3.23. The Morgan fingerprint density at radius 3 is 2.53 bits per heavy atom. The molecule has 0 amide bonds. The van der Waals surface area contributed by atoms with Crippen LogP contribution in [0, 0.1) is 13.8 Å². The first-order chi connectivity index (χ1) is 9.11. The maximum atomic E-state index is 10.0. The molecule has 19 heavy (non-hydrogen) atoms. The van der Waals surface area contributed by atoms with E-state index < -0.39 is 6.10 Å². The Balaban J connectivity index is 2.35. The molecule has 2 nitrogen and oxygen atoms in total. The molecule has 0 spiro atoms. The minimum atomic E-state index is -0.485. The number of para-hydroxylation sites is 1. The summed E-state index contributed by atoms with van der Waals surface area (Å²) in [6.07, 6.45) is 0.189. The van der Waals surface area contributed by atoms with E-state index in [9.17, 15) is 5.11 Å². The Morgan fingerprint density at radius 1 is 1.05 bits per heavy atom. The van der Waals surface area contributed by atoms with Crippen molar-refractivity contribution in [3.8, 4) is 11.5 Å². The number of benzene rings is 2. The van der Waals surface area contributed by atoms with Crippen molar-refractivity contribution in [1.29, 1.82) is 0 Å². The lowest BCUT2D eigenvalue weighted by molar-refractivity contribution is 0.170. The number of hydrogen-bond donors (Lipinski definition) is 1. The molecule has 0 aliphatic rings. The largest absolute Gasteiger partial charge is 0.457 e. The van der Waals surface area contributed by atoms with E-state index in [0.717, 1.165) is 28.2 Å². The van der Waals surface area contributed by atoms with Crippen LogP contribution < -0.4 is 4.74 Å². The van der Waals surface area contributed by atoms with Gasteiger partial charge >= 0.3 is 0 Å². The third-order valence-corrected chi connectivity index (χ3v) is 3.23. The van der Waals surface area contributed by atoms with Crippen molar-refractivity contribution >= 4 is 0 Å². The zero-order chi connectivity index (χ0) is 13.8. The molecule has 0 aromatic heterocycles. The summed E-state index contributed by atoms with van der Waals surface area (Å²) in [6.45, 7) is 6.02. The van der Waals surface area contributed by atoms with Crippen LogP contribution in [0.5, 0.6) is 11.5 Å². The molecule has 2 aromatic rings. The van der Waals surface area contributed by atoms with E-state index >= 15 is 0 Å². The Morgan fingerprint density at radius 2 is 1.79 bits per heavy atom. The molecule has 2 aromatic carbocycles. The molecule has 1 N–H and O–H groups in total. The molecular formula is C17H20O2. The van der Waals surface area contributed by atoms with Crippen LogP contribution in [0.25, 0.3) is 0 Å². The van der Waals surface area contributed by atoms with Crippen molar-refractivity contribution in [3.63, 3.8) is 0 Å². The van der Waals surface area contributed by atoms with E-state index in [1.807, 2.05) is 57.2 Å². The first kappa shape index (κ1) is 13.6. The average Bonchev–Trinajstić information content (AvgIpc) is 2.42. The SMILES string of the molecule is CCC(O)c1ccccc1Oc1cc(C)ccc1C. The van der Waals surface area contributed by atoms with Crippen molar-refractivity contribution in [2.24, 2.45) is 0 Å². The fourth-order valence-electron chi connectivity index (χ4n) is 2.00. The van der Waals surface area contributed by atoms with E-state index in [0.29, 0.717) is 6.42 Å². The van der Waals surface area contributed by atoms with E-state index in [-0.39, 0.29) is 0 Å². The van der Waals surface area contributed by atoms with Crippen LogP contribution in [0.2, 0.25) is 0 Å². The Labute approximate surface area is 114 Å². The van der Waals surface area contributed by atoms with Gasteiger partial charge in [0.05, 0.1) is 6.10 Å². The van der Waals surface area contributed by atoms with E-state index in [1.54, 1.807) is 0 Å². The van der Waals surface area contributed by atoms with Gasteiger partial charge in [0, 0.05) is 5.56 Å². The lowest BCUT2D eigenvalue weighted by atomic mass is 10.1. The van der Waals surface area contributed by atoms with Crippen molar-refractivity contribution in [3.05, 3.63) is 59.2 Å². The second kappa shape index (κ2) is 5.89. The Hall–Kier alpha value is -1.80. The van der Waals surface area contributed by atoms with Crippen molar-refractivity contribution < 1.29 is 9.84 Å². The molecule has 0 saturated carbocycles. The van der Waals surface area contributed by atoms with Crippen LogP contribution >= 0.6 is 0 Å². The quantitative estimate of drug-likeness (QED) is 0.870. The predicted octanol–water partition coefficient (Wildman–Crippen LogP) is 4.54. The van der Waals surface area contributed by atoms with Gasteiger partial charge in [-0.05, 0) is 43.5 Å². The molecule has 0 radical (unpaired) electrons. The highest BCUT2D eigenvalue weighted by Crippen LogP contribution is 2.32. The zero-order valence-corrected chi connectivity index (χ0v) is 11.7. The highest BCUT2D eigenvalue weighted by Gasteiger charge is 2.12. The smallest absolute Gasteiger partial charge is 0.133 e.